The molecule has 1 aliphatic heterocycles. The van der Waals surface area contributed by atoms with E-state index in [9.17, 15) is 30.6 Å². The highest BCUT2D eigenvalue weighted by Crippen LogP contribution is 2.47. The highest BCUT2D eigenvalue weighted by molar-refractivity contribution is 8.76. The average molecular weight is 850 g/mol. The second-order valence-corrected chi connectivity index (χ2v) is 19.8. The van der Waals surface area contributed by atoms with Crippen molar-refractivity contribution in [3.8, 4) is 28.7 Å². The van der Waals surface area contributed by atoms with Crippen molar-refractivity contribution in [3.63, 3.8) is 0 Å². The Hall–Kier alpha value is -2.10. The molecule has 58 heavy (non-hydrogen) atoms. The summed E-state index contributed by atoms with van der Waals surface area (Å²) in [6, 6.07) is 7.73. The van der Waals surface area contributed by atoms with Crippen LogP contribution >= 0.6 is 21.6 Å². The first kappa shape index (κ1) is 47.0. The Kier molecular flexibility index (Phi) is 19.3. The Morgan fingerprint density at radius 1 is 0.810 bits per heavy atom. The van der Waals surface area contributed by atoms with Gasteiger partial charge in [-0.1, -0.05) is 61.1 Å². The lowest BCUT2D eigenvalue weighted by Gasteiger charge is -2.38. The largest absolute Gasteiger partial charge is 0.504 e. The SMILES string of the molecule is COc1cc(C[C@H]2[C@H](O)C[C@@H](OCO)CCc3cc(O[C@@H]4CC[C@@H](CNC5CCCCC5)[C@H](CCC(C)C)C4)c(O)cc3[C@H](CCO)SSC[C@@H]2O)cc(OC)c1O. The van der Waals surface area contributed by atoms with Gasteiger partial charge in [0.05, 0.1) is 38.6 Å². The van der Waals surface area contributed by atoms with E-state index in [-0.39, 0.29) is 59.6 Å². The number of benzene rings is 2. The van der Waals surface area contributed by atoms with Crippen LogP contribution in [0.15, 0.2) is 24.3 Å². The molecule has 0 bridgehead atoms. The van der Waals surface area contributed by atoms with Crippen molar-refractivity contribution in [3.05, 3.63) is 41.0 Å². The van der Waals surface area contributed by atoms with E-state index in [0.29, 0.717) is 54.4 Å². The predicted molar refractivity (Wildman–Crippen MR) is 232 cm³/mol. The van der Waals surface area contributed by atoms with Crippen molar-refractivity contribution in [2.45, 2.75) is 146 Å². The fraction of sp³-hybridized carbons (Fsp3) is 0.733. The number of rotatable bonds is 16. The Morgan fingerprint density at radius 3 is 2.22 bits per heavy atom. The van der Waals surface area contributed by atoms with Crippen molar-refractivity contribution in [2.24, 2.45) is 23.7 Å². The zero-order chi connectivity index (χ0) is 41.6. The van der Waals surface area contributed by atoms with Gasteiger partial charge in [0, 0.05) is 29.6 Å². The molecule has 8 atom stereocenters. The maximum Gasteiger partial charge on any atom is 0.200 e. The van der Waals surface area contributed by atoms with Crippen LogP contribution in [0.2, 0.25) is 0 Å². The number of aryl methyl sites for hydroxylation is 1. The molecule has 7 N–H and O–H groups in total. The van der Waals surface area contributed by atoms with Gasteiger partial charge in [0.15, 0.2) is 23.0 Å². The highest BCUT2D eigenvalue weighted by Gasteiger charge is 2.34. The normalized spacial score (nSPS) is 27.9. The molecule has 2 aromatic carbocycles. The van der Waals surface area contributed by atoms with Gasteiger partial charge in [-0.05, 0) is 136 Å². The van der Waals surface area contributed by atoms with Crippen LogP contribution in [0, 0.1) is 23.7 Å². The number of hydrogen-bond acceptors (Lipinski definition) is 13. The van der Waals surface area contributed by atoms with Gasteiger partial charge in [-0.3, -0.25) is 0 Å². The molecule has 0 unspecified atom stereocenters. The Morgan fingerprint density at radius 2 is 1.55 bits per heavy atom. The number of hydrogen-bond donors (Lipinski definition) is 7. The number of phenolic OH excluding ortho intramolecular Hbond substituents is 2. The van der Waals surface area contributed by atoms with Crippen LogP contribution in [0.5, 0.6) is 28.7 Å². The number of ether oxygens (including phenoxy) is 4. The standard InChI is InChI=1S/C45H71NO10S2/c1-28(2)10-11-30-21-35(15-13-32(30)25-46-33-8-6-5-7-9-33)56-41-22-31-12-14-34(55-27-48)23-38(49)37(18-29-19-42(53-3)45(52)43(20-29)54-4)40(51)26-57-58-44(16-17-47)36(31)24-39(41)50/h19-20,22,24,28,30,32-35,37-38,40,44,46-52H,5-18,21,23,25-27H2,1-4H3/t30-,32+,34+,35-,37+,38-,40+,44+/m1/s1. The first-order chi connectivity index (χ1) is 28.0. The molecule has 2 saturated carbocycles. The summed E-state index contributed by atoms with van der Waals surface area (Å²) < 4.78 is 23.3. The van der Waals surface area contributed by atoms with E-state index in [1.807, 2.05) is 6.07 Å². The summed E-state index contributed by atoms with van der Waals surface area (Å²) in [7, 11) is 5.90. The van der Waals surface area contributed by atoms with Crippen molar-refractivity contribution >= 4 is 21.6 Å². The van der Waals surface area contributed by atoms with Crippen LogP contribution in [0.1, 0.15) is 119 Å². The lowest BCUT2D eigenvalue weighted by atomic mass is 9.74. The molecule has 2 aliphatic carbocycles. The van der Waals surface area contributed by atoms with Gasteiger partial charge >= 0.3 is 0 Å². The number of aromatic hydroxyl groups is 2. The second-order valence-electron chi connectivity index (χ2n) is 17.2. The van der Waals surface area contributed by atoms with E-state index in [4.69, 9.17) is 18.9 Å². The fourth-order valence-corrected chi connectivity index (χ4v) is 12.2. The van der Waals surface area contributed by atoms with E-state index in [0.717, 1.165) is 36.9 Å². The minimum Gasteiger partial charge on any atom is -0.504 e. The maximum atomic E-state index is 11.7. The third kappa shape index (κ3) is 13.4. The van der Waals surface area contributed by atoms with Crippen molar-refractivity contribution in [1.29, 1.82) is 0 Å². The zero-order valence-electron chi connectivity index (χ0n) is 35.2. The van der Waals surface area contributed by atoms with Crippen LogP contribution in [0.3, 0.4) is 0 Å². The number of fused-ring (bicyclic) bond motifs is 1. The number of aliphatic hydroxyl groups is 4. The number of aliphatic hydroxyl groups excluding tert-OH is 4. The van der Waals surface area contributed by atoms with Crippen LogP contribution in [-0.4, -0.2) is 101 Å². The van der Waals surface area contributed by atoms with Crippen molar-refractivity contribution < 1.29 is 49.6 Å². The van der Waals surface area contributed by atoms with E-state index in [1.165, 1.54) is 80.8 Å². The summed E-state index contributed by atoms with van der Waals surface area (Å²) in [6.45, 7) is 5.07. The predicted octanol–water partition coefficient (Wildman–Crippen LogP) is 7.69. The lowest BCUT2D eigenvalue weighted by Crippen LogP contribution is -2.40. The van der Waals surface area contributed by atoms with Gasteiger partial charge in [0.1, 0.15) is 6.79 Å². The molecule has 0 spiro atoms. The molecule has 0 radical (unpaired) electrons. The molecule has 1 heterocycles. The van der Waals surface area contributed by atoms with E-state index < -0.39 is 31.0 Å². The van der Waals surface area contributed by atoms with Gasteiger partial charge < -0.3 is 54.9 Å². The first-order valence-corrected chi connectivity index (χ1v) is 24.1. The monoisotopic (exact) mass is 849 g/mol. The number of methoxy groups -OCH3 is 2. The zero-order valence-corrected chi connectivity index (χ0v) is 36.8. The summed E-state index contributed by atoms with van der Waals surface area (Å²) in [5, 5.41) is 69.2. The summed E-state index contributed by atoms with van der Waals surface area (Å²) in [4.78, 5) is 0. The molecule has 0 saturated heterocycles. The minimum atomic E-state index is -0.994. The summed E-state index contributed by atoms with van der Waals surface area (Å²) >= 11 is 0. The lowest BCUT2D eigenvalue weighted by molar-refractivity contribution is -0.0808. The highest BCUT2D eigenvalue weighted by atomic mass is 33.1. The van der Waals surface area contributed by atoms with Gasteiger partial charge in [-0.25, -0.2) is 0 Å². The van der Waals surface area contributed by atoms with Crippen LogP contribution < -0.4 is 19.5 Å². The molecular weight excluding hydrogens is 779 g/mol. The molecule has 11 nitrogen and oxygen atoms in total. The summed E-state index contributed by atoms with van der Waals surface area (Å²) in [5.74, 6) is 2.34. The Labute approximate surface area is 354 Å². The molecule has 5 rings (SSSR count). The van der Waals surface area contributed by atoms with Gasteiger partial charge in [-0.2, -0.15) is 0 Å². The fourth-order valence-electron chi connectivity index (χ4n) is 9.29. The van der Waals surface area contributed by atoms with Crippen LogP contribution in [0.25, 0.3) is 0 Å². The first-order valence-electron chi connectivity index (χ1n) is 21.7. The Balaban J connectivity index is 1.35. The van der Waals surface area contributed by atoms with E-state index >= 15 is 0 Å². The third-order valence-corrected chi connectivity index (χ3v) is 15.6. The summed E-state index contributed by atoms with van der Waals surface area (Å²) in [6.07, 6.45) is 11.3. The van der Waals surface area contributed by atoms with E-state index in [1.54, 1.807) is 18.2 Å². The van der Waals surface area contributed by atoms with Crippen LogP contribution in [0.4, 0.5) is 0 Å². The van der Waals surface area contributed by atoms with E-state index in [2.05, 4.69) is 19.2 Å². The van der Waals surface area contributed by atoms with Gasteiger partial charge in [-0.15, -0.1) is 0 Å². The minimum absolute atomic E-state index is 0.00692. The van der Waals surface area contributed by atoms with Crippen molar-refractivity contribution in [1.82, 2.24) is 5.32 Å². The average Bonchev–Trinajstić information content (AvgIpc) is 3.22. The molecule has 328 valence electrons. The second kappa shape index (κ2) is 23.8. The molecule has 13 heteroatoms. The molecule has 3 aliphatic rings. The molecule has 2 aromatic rings. The van der Waals surface area contributed by atoms with Gasteiger partial charge in [0.25, 0.3) is 0 Å². The molecule has 0 aromatic heterocycles. The Bertz CT molecular complexity index is 1500. The maximum absolute atomic E-state index is 11.7. The van der Waals surface area contributed by atoms with Crippen LogP contribution in [-0.2, 0) is 17.6 Å². The van der Waals surface area contributed by atoms with Crippen molar-refractivity contribution in [2.75, 3.05) is 39.9 Å². The summed E-state index contributed by atoms with van der Waals surface area (Å²) in [5.41, 5.74) is 2.56. The molecular formula is C45H71NO10S2. The molecule has 2 fully saturated rings. The topological polar surface area (TPSA) is 170 Å². The number of nitrogens with one attached hydrogen (secondary N) is 1. The smallest absolute Gasteiger partial charge is 0.200 e. The van der Waals surface area contributed by atoms with Gasteiger partial charge in [0.2, 0.25) is 5.75 Å². The molecule has 0 amide bonds. The number of phenols is 2. The quantitative estimate of drug-likeness (QED) is 0.0649. The third-order valence-electron chi connectivity index (χ3n) is 12.7.